The molecule has 1 fully saturated rings. The zero-order valence-electron chi connectivity index (χ0n) is 10.7. The van der Waals surface area contributed by atoms with E-state index < -0.39 is 0 Å². The Morgan fingerprint density at radius 1 is 1.47 bits per heavy atom. The van der Waals surface area contributed by atoms with Gasteiger partial charge in [-0.25, -0.2) is 0 Å². The van der Waals surface area contributed by atoms with Crippen LogP contribution in [0.5, 0.6) is 0 Å². The Morgan fingerprint density at radius 2 is 2.24 bits per heavy atom. The molecule has 0 bridgehead atoms. The number of nitrogens with one attached hydrogen (secondary N) is 1. The minimum absolute atomic E-state index is 0.0250. The van der Waals surface area contributed by atoms with E-state index in [-0.39, 0.29) is 17.8 Å². The number of hydrogen-bond donors (Lipinski definition) is 1. The summed E-state index contributed by atoms with van der Waals surface area (Å²) in [5, 5.41) is 2.77. The highest BCUT2D eigenvalue weighted by molar-refractivity contribution is 5.76. The predicted molar refractivity (Wildman–Crippen MR) is 64.5 cm³/mol. The van der Waals surface area contributed by atoms with Crippen molar-refractivity contribution >= 4 is 11.9 Å². The van der Waals surface area contributed by atoms with Crippen molar-refractivity contribution in [3.63, 3.8) is 0 Å². The maximum atomic E-state index is 11.4. The van der Waals surface area contributed by atoms with Crippen LogP contribution in [0.25, 0.3) is 0 Å². The molecule has 1 amide bonds. The molecule has 1 unspecified atom stereocenters. The minimum Gasteiger partial charge on any atom is -0.469 e. The highest BCUT2D eigenvalue weighted by Crippen LogP contribution is 2.17. The van der Waals surface area contributed by atoms with Crippen molar-refractivity contribution in [3.8, 4) is 0 Å². The van der Waals surface area contributed by atoms with Crippen molar-refractivity contribution in [1.29, 1.82) is 0 Å². The van der Waals surface area contributed by atoms with E-state index in [0.29, 0.717) is 19.5 Å². The maximum Gasteiger partial charge on any atom is 0.309 e. The molecular formula is C12H22N2O3. The topological polar surface area (TPSA) is 58.6 Å². The first-order valence-corrected chi connectivity index (χ1v) is 6.24. The SMILES string of the molecule is CCNC(=O)CCN1CCCC(C(=O)OC)C1. The number of methoxy groups -OCH3 is 1. The fourth-order valence-electron chi connectivity index (χ4n) is 2.16. The highest BCUT2D eigenvalue weighted by Gasteiger charge is 2.26. The number of hydrogen-bond acceptors (Lipinski definition) is 4. The Bertz CT molecular complexity index is 268. The van der Waals surface area contributed by atoms with Gasteiger partial charge in [0.05, 0.1) is 13.0 Å². The normalized spacial score (nSPS) is 20.9. The van der Waals surface area contributed by atoms with Crippen LogP contribution in [0.15, 0.2) is 0 Å². The summed E-state index contributed by atoms with van der Waals surface area (Å²) in [4.78, 5) is 24.9. The average Bonchev–Trinajstić information content (AvgIpc) is 2.36. The standard InChI is InChI=1S/C12H22N2O3/c1-3-13-11(15)6-8-14-7-4-5-10(9-14)12(16)17-2/h10H,3-9H2,1-2H3,(H,13,15). The lowest BCUT2D eigenvalue weighted by Gasteiger charge is -2.30. The Labute approximate surface area is 102 Å². The number of ether oxygens (including phenoxy) is 1. The second-order valence-corrected chi connectivity index (χ2v) is 4.37. The van der Waals surface area contributed by atoms with E-state index in [2.05, 4.69) is 10.2 Å². The van der Waals surface area contributed by atoms with Crippen molar-refractivity contribution in [2.24, 2.45) is 5.92 Å². The predicted octanol–water partition coefficient (Wildman–Crippen LogP) is 0.398. The molecular weight excluding hydrogens is 220 g/mol. The van der Waals surface area contributed by atoms with Crippen molar-refractivity contribution in [2.75, 3.05) is 33.3 Å². The maximum absolute atomic E-state index is 11.4. The molecule has 1 heterocycles. The molecule has 98 valence electrons. The second kappa shape index (κ2) is 7.27. The summed E-state index contributed by atoms with van der Waals surface area (Å²) in [6.07, 6.45) is 2.39. The number of likely N-dealkylation sites (tertiary alicyclic amines) is 1. The van der Waals surface area contributed by atoms with Gasteiger partial charge in [0.25, 0.3) is 0 Å². The van der Waals surface area contributed by atoms with E-state index in [1.165, 1.54) is 7.11 Å². The van der Waals surface area contributed by atoms with Crippen LogP contribution in [0, 0.1) is 5.92 Å². The number of amides is 1. The largest absolute Gasteiger partial charge is 0.469 e. The van der Waals surface area contributed by atoms with Crippen molar-refractivity contribution in [2.45, 2.75) is 26.2 Å². The van der Waals surface area contributed by atoms with Gasteiger partial charge in [0.1, 0.15) is 0 Å². The molecule has 0 radical (unpaired) electrons. The zero-order chi connectivity index (χ0) is 12.7. The summed E-state index contributed by atoms with van der Waals surface area (Å²) in [5.74, 6) is -0.0802. The number of carbonyl (C=O) groups excluding carboxylic acids is 2. The Morgan fingerprint density at radius 3 is 2.88 bits per heavy atom. The van der Waals surface area contributed by atoms with E-state index in [4.69, 9.17) is 4.74 Å². The van der Waals surface area contributed by atoms with Crippen LogP contribution in [0.1, 0.15) is 26.2 Å². The van der Waals surface area contributed by atoms with Gasteiger partial charge in [0, 0.05) is 26.1 Å². The van der Waals surface area contributed by atoms with Crippen molar-refractivity contribution < 1.29 is 14.3 Å². The monoisotopic (exact) mass is 242 g/mol. The summed E-state index contributed by atoms with van der Waals surface area (Å²) in [6.45, 7) is 4.98. The van der Waals surface area contributed by atoms with Gasteiger partial charge in [-0.15, -0.1) is 0 Å². The lowest BCUT2D eigenvalue weighted by atomic mass is 9.98. The average molecular weight is 242 g/mol. The molecule has 17 heavy (non-hydrogen) atoms. The van der Waals surface area contributed by atoms with Crippen LogP contribution < -0.4 is 5.32 Å². The molecule has 0 aromatic carbocycles. The first-order chi connectivity index (χ1) is 8.17. The number of piperidine rings is 1. The number of esters is 1. The smallest absolute Gasteiger partial charge is 0.309 e. The molecule has 1 atom stereocenters. The van der Waals surface area contributed by atoms with Crippen LogP contribution in [-0.2, 0) is 14.3 Å². The lowest BCUT2D eigenvalue weighted by molar-refractivity contribution is -0.147. The number of nitrogens with zero attached hydrogens (tertiary/aromatic N) is 1. The summed E-state index contributed by atoms with van der Waals surface area (Å²) >= 11 is 0. The molecule has 5 nitrogen and oxygen atoms in total. The summed E-state index contributed by atoms with van der Waals surface area (Å²) in [7, 11) is 1.43. The molecule has 1 N–H and O–H groups in total. The number of carbonyl (C=O) groups is 2. The van der Waals surface area contributed by atoms with Crippen molar-refractivity contribution in [3.05, 3.63) is 0 Å². The molecule has 0 spiro atoms. The van der Waals surface area contributed by atoms with Gasteiger partial charge in [-0.1, -0.05) is 0 Å². The van der Waals surface area contributed by atoms with Crippen LogP contribution in [-0.4, -0.2) is 50.1 Å². The molecule has 0 saturated carbocycles. The van der Waals surface area contributed by atoms with Gasteiger partial charge in [-0.05, 0) is 26.3 Å². The summed E-state index contributed by atoms with van der Waals surface area (Å²) in [5.41, 5.74) is 0. The van der Waals surface area contributed by atoms with E-state index in [1.807, 2.05) is 6.92 Å². The van der Waals surface area contributed by atoms with Crippen molar-refractivity contribution in [1.82, 2.24) is 10.2 Å². The molecule has 1 saturated heterocycles. The molecule has 0 aliphatic carbocycles. The minimum atomic E-state index is -0.132. The van der Waals surface area contributed by atoms with Gasteiger partial charge < -0.3 is 15.0 Å². The third-order valence-electron chi connectivity index (χ3n) is 3.07. The first-order valence-electron chi connectivity index (χ1n) is 6.24. The zero-order valence-corrected chi connectivity index (χ0v) is 10.7. The quantitative estimate of drug-likeness (QED) is 0.709. The van der Waals surface area contributed by atoms with Gasteiger partial charge in [-0.3, -0.25) is 9.59 Å². The molecule has 0 aromatic rings. The Balaban J connectivity index is 2.29. The van der Waals surface area contributed by atoms with Crippen LogP contribution >= 0.6 is 0 Å². The molecule has 5 heteroatoms. The molecule has 1 aliphatic heterocycles. The lowest BCUT2D eigenvalue weighted by Crippen LogP contribution is -2.40. The number of rotatable bonds is 5. The van der Waals surface area contributed by atoms with Crippen LogP contribution in [0.2, 0.25) is 0 Å². The second-order valence-electron chi connectivity index (χ2n) is 4.37. The molecule has 0 aromatic heterocycles. The molecule has 1 rings (SSSR count). The fourth-order valence-corrected chi connectivity index (χ4v) is 2.16. The van der Waals surface area contributed by atoms with Crippen LogP contribution in [0.4, 0.5) is 0 Å². The highest BCUT2D eigenvalue weighted by atomic mass is 16.5. The van der Waals surface area contributed by atoms with Gasteiger partial charge in [0.15, 0.2) is 0 Å². The van der Waals surface area contributed by atoms with Crippen LogP contribution in [0.3, 0.4) is 0 Å². The third kappa shape index (κ3) is 4.73. The summed E-state index contributed by atoms with van der Waals surface area (Å²) in [6, 6.07) is 0. The first kappa shape index (κ1) is 14.0. The summed E-state index contributed by atoms with van der Waals surface area (Å²) < 4.78 is 4.76. The van der Waals surface area contributed by atoms with Gasteiger partial charge in [-0.2, -0.15) is 0 Å². The van der Waals surface area contributed by atoms with E-state index >= 15 is 0 Å². The van der Waals surface area contributed by atoms with E-state index in [9.17, 15) is 9.59 Å². The van der Waals surface area contributed by atoms with Gasteiger partial charge in [0.2, 0.25) is 5.91 Å². The van der Waals surface area contributed by atoms with Gasteiger partial charge >= 0.3 is 5.97 Å². The third-order valence-corrected chi connectivity index (χ3v) is 3.07. The van der Waals surface area contributed by atoms with E-state index in [0.717, 1.165) is 25.9 Å². The fraction of sp³-hybridized carbons (Fsp3) is 0.833. The molecule has 1 aliphatic rings. The Hall–Kier alpha value is -1.10. The Kier molecular flexibility index (Phi) is 5.97. The van der Waals surface area contributed by atoms with E-state index in [1.54, 1.807) is 0 Å².